The van der Waals surface area contributed by atoms with Crippen LogP contribution < -0.4 is 11.1 Å². The van der Waals surface area contributed by atoms with Crippen LogP contribution in [0.1, 0.15) is 13.8 Å². The molecule has 0 fully saturated rings. The van der Waals surface area contributed by atoms with Gasteiger partial charge in [-0.2, -0.15) is 0 Å². The van der Waals surface area contributed by atoms with Crippen molar-refractivity contribution in [3.63, 3.8) is 0 Å². The molecule has 0 bridgehead atoms. The van der Waals surface area contributed by atoms with Gasteiger partial charge in [0, 0.05) is 6.04 Å². The molecule has 0 saturated heterocycles. The number of rotatable bonds is 1. The van der Waals surface area contributed by atoms with E-state index < -0.39 is 5.91 Å². The number of hydrogen-bond donors (Lipinski definition) is 2. The molecule has 0 unspecified atom stereocenters. The fourth-order valence-electron chi connectivity index (χ4n) is 0.901. The Morgan fingerprint density at radius 3 is 2.75 bits per heavy atom. The summed E-state index contributed by atoms with van der Waals surface area (Å²) in [5.41, 5.74) is 5.32. The van der Waals surface area contributed by atoms with E-state index in [-0.39, 0.29) is 11.9 Å². The Hall–Kier alpha value is -1.52. The number of carbonyl (C=O) groups is 1. The van der Waals surface area contributed by atoms with Crippen LogP contribution in [0.4, 0.5) is 0 Å². The molecule has 1 amide bonds. The van der Waals surface area contributed by atoms with Crippen molar-refractivity contribution in [2.45, 2.75) is 19.9 Å². The number of carbonyl (C=O) groups excluding carboxylic acids is 1. The zero-order valence-electron chi connectivity index (χ0n) is 7.16. The van der Waals surface area contributed by atoms with Crippen LogP contribution in [0.15, 0.2) is 17.5 Å². The van der Waals surface area contributed by atoms with E-state index in [1.165, 1.54) is 0 Å². The van der Waals surface area contributed by atoms with Gasteiger partial charge < -0.3 is 11.1 Å². The van der Waals surface area contributed by atoms with E-state index in [9.17, 15) is 4.79 Å². The summed E-state index contributed by atoms with van der Waals surface area (Å²) in [6.45, 7) is 7.49. The zero-order chi connectivity index (χ0) is 9.30. The van der Waals surface area contributed by atoms with E-state index in [4.69, 9.17) is 5.73 Å². The molecule has 66 valence electrons. The van der Waals surface area contributed by atoms with Crippen LogP contribution in [0.5, 0.6) is 0 Å². The fourth-order valence-corrected chi connectivity index (χ4v) is 0.901. The Kier molecular flexibility index (Phi) is 2.03. The van der Waals surface area contributed by atoms with Gasteiger partial charge in [-0.15, -0.1) is 5.10 Å². The van der Waals surface area contributed by atoms with Crippen LogP contribution in [0.2, 0.25) is 0 Å². The Labute approximate surface area is 70.9 Å². The van der Waals surface area contributed by atoms with Crippen molar-refractivity contribution >= 4 is 11.7 Å². The minimum Gasteiger partial charge on any atom is -0.378 e. The normalized spacial score (nSPS) is 17.9. The summed E-state index contributed by atoms with van der Waals surface area (Å²) in [5, 5.41) is 7.92. The maximum atomic E-state index is 10.9. The topological polar surface area (TPSA) is 70.7 Å². The summed E-state index contributed by atoms with van der Waals surface area (Å²) in [6.07, 6.45) is 0. The molecule has 5 nitrogen and oxygen atoms in total. The van der Waals surface area contributed by atoms with Gasteiger partial charge in [0.1, 0.15) is 5.82 Å². The van der Waals surface area contributed by atoms with Crippen LogP contribution >= 0.6 is 0 Å². The number of nitrogens with one attached hydrogen (secondary N) is 1. The predicted octanol–water partition coefficient (Wildman–Crippen LogP) is -0.430. The number of nitrogens with two attached hydrogens (primary N) is 1. The number of amides is 1. The van der Waals surface area contributed by atoms with E-state index in [0.717, 1.165) is 0 Å². The summed E-state index contributed by atoms with van der Waals surface area (Å²) >= 11 is 0. The predicted molar refractivity (Wildman–Crippen MR) is 45.9 cm³/mol. The quantitative estimate of drug-likeness (QED) is 0.558. The molecule has 3 N–H and O–H groups in total. The first-order valence-electron chi connectivity index (χ1n) is 3.66. The molecule has 0 atom stereocenters. The van der Waals surface area contributed by atoms with Crippen molar-refractivity contribution in [2.24, 2.45) is 10.8 Å². The molecule has 1 rings (SSSR count). The highest BCUT2D eigenvalue weighted by Gasteiger charge is 2.21. The Balaban J connectivity index is 2.90. The largest absolute Gasteiger partial charge is 0.378 e. The maximum Gasteiger partial charge on any atom is 0.293 e. The Morgan fingerprint density at radius 1 is 1.67 bits per heavy atom. The maximum absolute atomic E-state index is 10.9. The van der Waals surface area contributed by atoms with Gasteiger partial charge in [0.15, 0.2) is 0 Å². The monoisotopic (exact) mass is 168 g/mol. The Morgan fingerprint density at radius 2 is 2.25 bits per heavy atom. The average molecular weight is 168 g/mol. The lowest BCUT2D eigenvalue weighted by molar-refractivity contribution is -0.115. The van der Waals surface area contributed by atoms with Crippen LogP contribution in [-0.2, 0) is 4.79 Å². The number of amidine groups is 1. The third kappa shape index (κ3) is 1.39. The van der Waals surface area contributed by atoms with Crippen LogP contribution in [0.25, 0.3) is 0 Å². The highest BCUT2D eigenvalue weighted by atomic mass is 16.2. The van der Waals surface area contributed by atoms with Gasteiger partial charge in [-0.05, 0) is 13.8 Å². The summed E-state index contributed by atoms with van der Waals surface area (Å²) < 4.78 is 0. The summed E-state index contributed by atoms with van der Waals surface area (Å²) in [5.74, 6) is 0.0391. The SMILES string of the molecule is C=C1NC(=O)C(N)=NN1C(C)C. The molecule has 1 aliphatic rings. The van der Waals surface area contributed by atoms with Gasteiger partial charge >= 0.3 is 0 Å². The standard InChI is InChI=1S/C7H12N4O/c1-4(2)11-5(3)9-7(12)6(8)10-11/h4H,3H2,1-2H3,(H2,8,10)(H,9,12). The van der Waals surface area contributed by atoms with Gasteiger partial charge in [-0.25, -0.2) is 5.01 Å². The first-order valence-corrected chi connectivity index (χ1v) is 3.66. The Bertz CT molecular complexity index is 256. The molecule has 12 heavy (non-hydrogen) atoms. The minimum absolute atomic E-state index is 0.0314. The molecular formula is C7H12N4O. The van der Waals surface area contributed by atoms with Crippen molar-refractivity contribution < 1.29 is 4.79 Å². The second kappa shape index (κ2) is 2.84. The van der Waals surface area contributed by atoms with Crippen molar-refractivity contribution in [3.05, 3.63) is 12.4 Å². The van der Waals surface area contributed by atoms with Gasteiger partial charge in [0.2, 0.25) is 5.84 Å². The molecule has 1 aliphatic heterocycles. The van der Waals surface area contributed by atoms with Crippen LogP contribution in [0, 0.1) is 0 Å². The van der Waals surface area contributed by atoms with Crippen LogP contribution in [-0.4, -0.2) is 22.8 Å². The van der Waals surface area contributed by atoms with E-state index in [2.05, 4.69) is 17.0 Å². The highest BCUT2D eigenvalue weighted by Crippen LogP contribution is 2.08. The van der Waals surface area contributed by atoms with E-state index >= 15 is 0 Å². The fraction of sp³-hybridized carbons (Fsp3) is 0.429. The average Bonchev–Trinajstić information content (AvgIpc) is 1.96. The van der Waals surface area contributed by atoms with Crippen molar-refractivity contribution in [1.29, 1.82) is 0 Å². The van der Waals surface area contributed by atoms with Crippen LogP contribution in [0.3, 0.4) is 0 Å². The van der Waals surface area contributed by atoms with Crippen molar-refractivity contribution in [1.82, 2.24) is 10.3 Å². The lowest BCUT2D eigenvalue weighted by atomic mass is 10.3. The second-order valence-electron chi connectivity index (χ2n) is 2.82. The molecule has 0 aromatic rings. The van der Waals surface area contributed by atoms with Gasteiger partial charge in [-0.1, -0.05) is 6.58 Å². The number of hydrazone groups is 1. The molecule has 1 heterocycles. The third-order valence-corrected chi connectivity index (χ3v) is 1.47. The van der Waals surface area contributed by atoms with Crippen molar-refractivity contribution in [2.75, 3.05) is 0 Å². The molecule has 0 aliphatic carbocycles. The van der Waals surface area contributed by atoms with E-state index in [1.807, 2.05) is 13.8 Å². The molecule has 0 saturated carbocycles. The van der Waals surface area contributed by atoms with Gasteiger partial charge in [0.05, 0.1) is 0 Å². The van der Waals surface area contributed by atoms with Crippen molar-refractivity contribution in [3.8, 4) is 0 Å². The molecule has 5 heteroatoms. The van der Waals surface area contributed by atoms with Gasteiger partial charge in [-0.3, -0.25) is 4.79 Å². The molecule has 0 aromatic heterocycles. The first-order chi connectivity index (χ1) is 5.52. The first kappa shape index (κ1) is 8.58. The number of nitrogens with zero attached hydrogens (tertiary/aromatic N) is 2. The smallest absolute Gasteiger partial charge is 0.293 e. The minimum atomic E-state index is -0.392. The molecule has 0 spiro atoms. The summed E-state index contributed by atoms with van der Waals surface area (Å²) in [6, 6.07) is 0.136. The lowest BCUT2D eigenvalue weighted by Crippen LogP contribution is -2.47. The molecule has 0 aromatic carbocycles. The van der Waals surface area contributed by atoms with Gasteiger partial charge in [0.25, 0.3) is 5.91 Å². The zero-order valence-corrected chi connectivity index (χ0v) is 7.16. The summed E-state index contributed by atoms with van der Waals surface area (Å²) in [7, 11) is 0. The third-order valence-electron chi connectivity index (χ3n) is 1.47. The summed E-state index contributed by atoms with van der Waals surface area (Å²) in [4.78, 5) is 10.9. The molecular weight excluding hydrogens is 156 g/mol. The highest BCUT2D eigenvalue weighted by molar-refractivity contribution is 6.37. The second-order valence-corrected chi connectivity index (χ2v) is 2.82. The van der Waals surface area contributed by atoms with E-state index in [0.29, 0.717) is 5.82 Å². The lowest BCUT2D eigenvalue weighted by Gasteiger charge is -2.28. The van der Waals surface area contributed by atoms with E-state index in [1.54, 1.807) is 5.01 Å². The molecule has 0 radical (unpaired) electrons. The number of hydrogen-bond acceptors (Lipinski definition) is 4.